The van der Waals surface area contributed by atoms with Crippen molar-refractivity contribution >= 4 is 5.97 Å². The Bertz CT molecular complexity index is 3670. The first-order chi connectivity index (χ1) is 41.8. The lowest BCUT2D eigenvalue weighted by Crippen LogP contribution is -2.35. The number of hydrogen-bond donors (Lipinski definition) is 0. The molecule has 0 aliphatic carbocycles. The topological polar surface area (TPSA) is 109 Å². The van der Waals surface area contributed by atoms with Gasteiger partial charge in [-0.05, 0) is 63.2 Å². The van der Waals surface area contributed by atoms with Crippen LogP contribution >= 0.6 is 0 Å². The minimum absolute atomic E-state index is 0.00169. The summed E-state index contributed by atoms with van der Waals surface area (Å²) in [5, 5.41) is 0. The van der Waals surface area contributed by atoms with E-state index in [9.17, 15) is 8.78 Å². The molecule has 11 nitrogen and oxygen atoms in total. The Morgan fingerprint density at radius 1 is 0.400 bits per heavy atom. The number of hydrogen-bond acceptors (Lipinski definition) is 11. The lowest BCUT2D eigenvalue weighted by atomic mass is 9.93. The summed E-state index contributed by atoms with van der Waals surface area (Å²) in [7, 11) is 0. The molecule has 0 fully saturated rings. The van der Waals surface area contributed by atoms with Crippen molar-refractivity contribution in [2.24, 2.45) is 0 Å². The van der Waals surface area contributed by atoms with Crippen molar-refractivity contribution in [3.05, 3.63) is 304 Å². The third kappa shape index (κ3) is 15.4. The number of alkyl halides is 2. The molecule has 0 amide bonds. The van der Waals surface area contributed by atoms with E-state index in [-0.39, 0.29) is 69.7 Å². The fourth-order valence-electron chi connectivity index (χ4n) is 9.61. The first-order valence-electron chi connectivity index (χ1n) is 27.9. The van der Waals surface area contributed by atoms with E-state index in [0.29, 0.717) is 45.6 Å². The fourth-order valence-corrected chi connectivity index (χ4v) is 9.61. The summed E-state index contributed by atoms with van der Waals surface area (Å²) in [6, 6.07) is 77.0. The number of carbonyl (C=O) groups is 1. The molecule has 13 heteroatoms. The maximum Gasteiger partial charge on any atom is 0.387 e. The van der Waals surface area contributed by atoms with Gasteiger partial charge in [-0.2, -0.15) is 8.78 Å². The van der Waals surface area contributed by atoms with Crippen molar-refractivity contribution in [3.8, 4) is 51.7 Å². The molecule has 1 heterocycles. The number of carbonyl (C=O) groups excluding carboxylic acids is 1. The highest BCUT2D eigenvalue weighted by Crippen LogP contribution is 2.49. The molecular formula is C72H60F2O11. The third-order valence-corrected chi connectivity index (χ3v) is 13.9. The summed E-state index contributed by atoms with van der Waals surface area (Å²) in [5.74, 6) is 0.783. The first kappa shape index (κ1) is 56.6. The Kier molecular flexibility index (Phi) is 18.7. The Labute approximate surface area is 492 Å². The SMILES string of the molecule is O=C(O[C@@H]1Cc2c(OCc3ccccc3)cc(OCc3ccccc3)cc2O[C@H]1c1cc(OCc2ccccc2)c(OCc2ccccc2)c(OCc2ccccc2)c1)c1cc(OCc2ccccc2)c(OCc2ccccc2)c(OC(F)F)c1. The number of ether oxygens (including phenoxy) is 10. The molecule has 0 saturated carbocycles. The highest BCUT2D eigenvalue weighted by atomic mass is 19.3. The molecule has 85 heavy (non-hydrogen) atoms. The second-order valence-electron chi connectivity index (χ2n) is 20.0. The molecule has 10 aromatic rings. The number of benzene rings is 10. The van der Waals surface area contributed by atoms with Gasteiger partial charge < -0.3 is 47.4 Å². The predicted molar refractivity (Wildman–Crippen MR) is 318 cm³/mol. The van der Waals surface area contributed by atoms with E-state index in [4.69, 9.17) is 47.4 Å². The summed E-state index contributed by atoms with van der Waals surface area (Å²) >= 11 is 0. The highest BCUT2D eigenvalue weighted by molar-refractivity contribution is 5.91. The van der Waals surface area contributed by atoms with E-state index < -0.39 is 30.5 Å². The van der Waals surface area contributed by atoms with Gasteiger partial charge in [0.1, 0.15) is 69.6 Å². The van der Waals surface area contributed by atoms with Crippen LogP contribution in [0.15, 0.2) is 249 Å². The van der Waals surface area contributed by atoms with Crippen molar-refractivity contribution in [2.75, 3.05) is 0 Å². The monoisotopic (exact) mass is 1140 g/mol. The molecule has 2 atom stereocenters. The van der Waals surface area contributed by atoms with E-state index >= 15 is 4.79 Å². The number of rotatable bonds is 26. The Morgan fingerprint density at radius 3 is 1.14 bits per heavy atom. The van der Waals surface area contributed by atoms with Gasteiger partial charge in [0.15, 0.2) is 29.1 Å². The lowest BCUT2D eigenvalue weighted by Gasteiger charge is -2.35. The molecule has 0 N–H and O–H groups in total. The van der Waals surface area contributed by atoms with Crippen molar-refractivity contribution in [3.63, 3.8) is 0 Å². The summed E-state index contributed by atoms with van der Waals surface area (Å²) in [5.41, 5.74) is 7.00. The molecule has 0 aromatic heterocycles. The van der Waals surface area contributed by atoms with Gasteiger partial charge in [0.2, 0.25) is 11.5 Å². The zero-order valence-corrected chi connectivity index (χ0v) is 46.3. The summed E-state index contributed by atoms with van der Waals surface area (Å²) in [6.07, 6.45) is -2.20. The largest absolute Gasteiger partial charge is 0.489 e. The number of esters is 1. The van der Waals surface area contributed by atoms with Crippen LogP contribution in [-0.2, 0) is 57.4 Å². The molecule has 0 bridgehead atoms. The standard InChI is InChI=1S/C72H60F2O11/c73-72(74)85-66-39-58(38-65(80-47-54-30-16-5-17-31-54)70(66)82-49-56-34-20-7-21-35-56)71(75)84-67-42-60-61(77-44-51-24-10-2-11-25-51)40-59(76-43-50-22-8-1-9-23-50)41-62(60)83-68(67)57-36-63(78-45-52-26-12-3-13-27-52)69(81-48-55-32-18-6-19-33-55)64(37-57)79-46-53-28-14-4-15-29-53/h1-41,67-68,72H,42-49H2/t67-,68+/m1/s1. The molecule has 10 aromatic carbocycles. The summed E-state index contributed by atoms with van der Waals surface area (Å²) in [6.45, 7) is -2.39. The zero-order valence-electron chi connectivity index (χ0n) is 46.3. The zero-order chi connectivity index (χ0) is 58.0. The van der Waals surface area contributed by atoms with Crippen molar-refractivity contribution in [1.29, 1.82) is 0 Å². The summed E-state index contributed by atoms with van der Waals surface area (Å²) in [4.78, 5) is 15.2. The minimum atomic E-state index is -3.30. The number of halogens is 2. The molecule has 1 aliphatic rings. The van der Waals surface area contributed by atoms with Crippen LogP contribution in [0.5, 0.6) is 51.7 Å². The fraction of sp³-hybridized carbons (Fsp3) is 0.153. The van der Waals surface area contributed by atoms with Crippen LogP contribution in [0.1, 0.15) is 66.5 Å². The Morgan fingerprint density at radius 2 is 0.741 bits per heavy atom. The van der Waals surface area contributed by atoms with Gasteiger partial charge in [-0.25, -0.2) is 4.79 Å². The van der Waals surface area contributed by atoms with Gasteiger partial charge in [-0.1, -0.05) is 212 Å². The van der Waals surface area contributed by atoms with Gasteiger partial charge >= 0.3 is 12.6 Å². The molecule has 428 valence electrons. The number of fused-ring (bicyclic) bond motifs is 1. The molecule has 0 spiro atoms. The van der Waals surface area contributed by atoms with Gasteiger partial charge in [0.25, 0.3) is 0 Å². The van der Waals surface area contributed by atoms with Crippen LogP contribution in [0.3, 0.4) is 0 Å². The second-order valence-corrected chi connectivity index (χ2v) is 20.0. The molecule has 0 unspecified atom stereocenters. The Hall–Kier alpha value is -10.3. The smallest absolute Gasteiger partial charge is 0.387 e. The van der Waals surface area contributed by atoms with Crippen LogP contribution in [0.25, 0.3) is 0 Å². The van der Waals surface area contributed by atoms with Crippen LogP contribution in [0.4, 0.5) is 8.78 Å². The maximum atomic E-state index is 15.2. The van der Waals surface area contributed by atoms with Gasteiger partial charge in [0.05, 0.1) is 5.56 Å². The van der Waals surface area contributed by atoms with Crippen LogP contribution in [0, 0.1) is 0 Å². The van der Waals surface area contributed by atoms with E-state index in [1.807, 2.05) is 212 Å². The minimum Gasteiger partial charge on any atom is -0.489 e. The van der Waals surface area contributed by atoms with E-state index in [1.54, 1.807) is 24.3 Å². The van der Waals surface area contributed by atoms with E-state index in [0.717, 1.165) is 38.9 Å². The normalized spacial score (nSPS) is 13.4. The average molecular weight is 1140 g/mol. The predicted octanol–water partition coefficient (Wildman–Crippen LogP) is 16.2. The first-order valence-corrected chi connectivity index (χ1v) is 27.9. The van der Waals surface area contributed by atoms with E-state index in [1.165, 1.54) is 12.1 Å². The second kappa shape index (κ2) is 28.1. The quantitative estimate of drug-likeness (QED) is 0.0484. The van der Waals surface area contributed by atoms with Gasteiger partial charge in [0, 0.05) is 29.7 Å². The van der Waals surface area contributed by atoms with Gasteiger partial charge in [-0.3, -0.25) is 0 Å². The van der Waals surface area contributed by atoms with Crippen molar-refractivity contribution in [2.45, 2.75) is 71.5 Å². The molecular weight excluding hydrogens is 1080 g/mol. The van der Waals surface area contributed by atoms with Crippen LogP contribution < -0.4 is 42.6 Å². The molecule has 1 aliphatic heterocycles. The van der Waals surface area contributed by atoms with Crippen molar-refractivity contribution in [1.82, 2.24) is 0 Å². The lowest BCUT2D eigenvalue weighted by molar-refractivity contribution is -0.0520. The molecule has 0 radical (unpaired) electrons. The third-order valence-electron chi connectivity index (χ3n) is 13.9. The average Bonchev–Trinajstić information content (AvgIpc) is 3.50. The molecule has 11 rings (SSSR count). The molecule has 0 saturated heterocycles. The van der Waals surface area contributed by atoms with Crippen molar-refractivity contribution < 1.29 is 60.9 Å². The van der Waals surface area contributed by atoms with E-state index in [2.05, 4.69) is 0 Å². The van der Waals surface area contributed by atoms with Gasteiger partial charge in [-0.15, -0.1) is 0 Å². The Balaban J connectivity index is 1.03. The van der Waals surface area contributed by atoms with Crippen LogP contribution in [-0.4, -0.2) is 18.7 Å². The maximum absolute atomic E-state index is 15.2. The summed E-state index contributed by atoms with van der Waals surface area (Å²) < 4.78 is 93.9. The van der Waals surface area contributed by atoms with Crippen LogP contribution in [0.2, 0.25) is 0 Å². The highest BCUT2D eigenvalue weighted by Gasteiger charge is 2.39.